The van der Waals surface area contributed by atoms with Gasteiger partial charge in [0.1, 0.15) is 12.4 Å². The maximum atomic E-state index is 12.3. The number of carbonyl (C=O) groups excluding carboxylic acids is 2. The molecule has 8 heteroatoms. The van der Waals surface area contributed by atoms with E-state index in [2.05, 4.69) is 10.5 Å². The molecule has 2 aromatic rings. The van der Waals surface area contributed by atoms with Crippen LogP contribution in [-0.4, -0.2) is 55.7 Å². The van der Waals surface area contributed by atoms with E-state index in [1.807, 2.05) is 18.9 Å². The van der Waals surface area contributed by atoms with Gasteiger partial charge in [0.05, 0.1) is 30.4 Å². The summed E-state index contributed by atoms with van der Waals surface area (Å²) in [6.07, 6.45) is 0.273. The summed E-state index contributed by atoms with van der Waals surface area (Å²) in [6.45, 7) is 2.53. The molecule has 2 amide bonds. The minimum Gasteiger partial charge on any atom is -0.489 e. The molecule has 1 aliphatic rings. The smallest absolute Gasteiger partial charge is 0.253 e. The number of ether oxygens (including phenoxy) is 1. The molecule has 3 rings (SSSR count). The molecular formula is C19H24N4O4. The Hall–Kier alpha value is -3.03. The second-order valence-electron chi connectivity index (χ2n) is 6.87. The zero-order chi connectivity index (χ0) is 19.6. The van der Waals surface area contributed by atoms with Crippen molar-refractivity contribution in [1.82, 2.24) is 15.4 Å². The number of amides is 2. The lowest BCUT2D eigenvalue weighted by atomic mass is 10.1. The Kier molecular flexibility index (Phi) is 5.34. The van der Waals surface area contributed by atoms with Gasteiger partial charge >= 0.3 is 0 Å². The maximum Gasteiger partial charge on any atom is 0.253 e. The van der Waals surface area contributed by atoms with Crippen LogP contribution in [0.5, 0.6) is 5.75 Å². The second-order valence-corrected chi connectivity index (χ2v) is 6.87. The number of likely N-dealkylation sites (N-methyl/N-ethyl adjacent to an activating group) is 1. The van der Waals surface area contributed by atoms with Crippen molar-refractivity contribution < 1.29 is 18.8 Å². The van der Waals surface area contributed by atoms with Crippen molar-refractivity contribution in [1.29, 1.82) is 0 Å². The number of nitrogens with one attached hydrogen (secondary N) is 1. The molecule has 1 aliphatic heterocycles. The van der Waals surface area contributed by atoms with Gasteiger partial charge in [-0.05, 0) is 25.1 Å². The largest absolute Gasteiger partial charge is 0.489 e. The third-order valence-electron chi connectivity index (χ3n) is 4.53. The van der Waals surface area contributed by atoms with E-state index in [1.165, 1.54) is 4.90 Å². The summed E-state index contributed by atoms with van der Waals surface area (Å²) >= 11 is 0. The molecule has 0 bridgehead atoms. The van der Waals surface area contributed by atoms with E-state index in [9.17, 15) is 9.59 Å². The van der Waals surface area contributed by atoms with Crippen LogP contribution in [0.15, 0.2) is 28.8 Å². The molecule has 8 nitrogen and oxygen atoms in total. The normalized spacial score (nSPS) is 15.7. The zero-order valence-electron chi connectivity index (χ0n) is 16.0. The topological polar surface area (TPSA) is 87.9 Å². The monoisotopic (exact) mass is 372 g/mol. The van der Waals surface area contributed by atoms with Crippen molar-refractivity contribution in [3.63, 3.8) is 0 Å². The Bertz CT molecular complexity index is 846. The van der Waals surface area contributed by atoms with Crippen LogP contribution in [0.2, 0.25) is 0 Å². The predicted octanol–water partition coefficient (Wildman–Crippen LogP) is 1.59. The van der Waals surface area contributed by atoms with E-state index in [4.69, 9.17) is 9.26 Å². The Morgan fingerprint density at radius 1 is 1.33 bits per heavy atom. The number of aromatic nitrogens is 1. The van der Waals surface area contributed by atoms with Crippen LogP contribution in [0.4, 0.5) is 5.69 Å². The SMILES string of the molecule is Cc1cc(CNC(=O)CC2COc3ccc(C(=O)N(C)C)cc3N2C)on1. The van der Waals surface area contributed by atoms with Gasteiger partial charge in [0.25, 0.3) is 5.91 Å². The van der Waals surface area contributed by atoms with Gasteiger partial charge in [-0.3, -0.25) is 9.59 Å². The van der Waals surface area contributed by atoms with Gasteiger partial charge in [-0.1, -0.05) is 5.16 Å². The standard InChI is InChI=1S/C19H24N4O4/c1-12-7-15(27-21-12)10-20-18(24)9-14-11-26-17-6-5-13(19(25)22(2)3)8-16(17)23(14)4/h5-8,14H,9-11H2,1-4H3,(H,20,24). The van der Waals surface area contributed by atoms with Crippen molar-refractivity contribution >= 4 is 17.5 Å². The number of aryl methyl sites for hydroxylation is 1. The quantitative estimate of drug-likeness (QED) is 0.858. The summed E-state index contributed by atoms with van der Waals surface area (Å²) in [7, 11) is 5.33. The third kappa shape index (κ3) is 4.21. The third-order valence-corrected chi connectivity index (χ3v) is 4.53. The lowest BCUT2D eigenvalue weighted by Gasteiger charge is -2.35. The molecule has 2 heterocycles. The second kappa shape index (κ2) is 7.69. The van der Waals surface area contributed by atoms with Gasteiger partial charge in [0.15, 0.2) is 5.76 Å². The maximum absolute atomic E-state index is 12.3. The van der Waals surface area contributed by atoms with Crippen LogP contribution in [-0.2, 0) is 11.3 Å². The highest BCUT2D eigenvalue weighted by Crippen LogP contribution is 2.34. The van der Waals surface area contributed by atoms with E-state index in [1.54, 1.807) is 38.4 Å². The minimum absolute atomic E-state index is 0.0755. The molecule has 0 aliphatic carbocycles. The van der Waals surface area contributed by atoms with Crippen molar-refractivity contribution in [2.45, 2.75) is 25.9 Å². The molecule has 1 unspecified atom stereocenters. The van der Waals surface area contributed by atoms with Gasteiger partial charge in [-0.2, -0.15) is 0 Å². The molecule has 0 saturated carbocycles. The lowest BCUT2D eigenvalue weighted by Crippen LogP contribution is -2.43. The molecule has 1 atom stereocenters. The molecule has 0 saturated heterocycles. The number of anilines is 1. The number of carbonyl (C=O) groups is 2. The molecule has 0 radical (unpaired) electrons. The van der Waals surface area contributed by atoms with E-state index in [0.717, 1.165) is 11.4 Å². The van der Waals surface area contributed by atoms with Crippen molar-refractivity contribution in [2.75, 3.05) is 32.6 Å². The molecule has 0 spiro atoms. The van der Waals surface area contributed by atoms with Gasteiger partial charge in [-0.15, -0.1) is 0 Å². The zero-order valence-corrected chi connectivity index (χ0v) is 16.0. The highest BCUT2D eigenvalue weighted by Gasteiger charge is 2.27. The molecule has 1 aromatic heterocycles. The molecular weight excluding hydrogens is 348 g/mol. The van der Waals surface area contributed by atoms with Crippen LogP contribution in [0.3, 0.4) is 0 Å². The van der Waals surface area contributed by atoms with Gasteiger partial charge < -0.3 is 24.4 Å². The number of hydrogen-bond donors (Lipinski definition) is 1. The highest BCUT2D eigenvalue weighted by atomic mass is 16.5. The average molecular weight is 372 g/mol. The summed E-state index contributed by atoms with van der Waals surface area (Å²) in [5, 5.41) is 6.63. The fourth-order valence-electron chi connectivity index (χ4n) is 2.97. The number of fused-ring (bicyclic) bond motifs is 1. The Morgan fingerprint density at radius 3 is 2.78 bits per heavy atom. The molecule has 1 N–H and O–H groups in total. The van der Waals surface area contributed by atoms with Crippen molar-refractivity contribution in [2.24, 2.45) is 0 Å². The fourth-order valence-corrected chi connectivity index (χ4v) is 2.97. The highest BCUT2D eigenvalue weighted by molar-refractivity contribution is 5.95. The molecule has 0 fully saturated rings. The fraction of sp³-hybridized carbons (Fsp3) is 0.421. The lowest BCUT2D eigenvalue weighted by molar-refractivity contribution is -0.121. The first-order valence-corrected chi connectivity index (χ1v) is 8.75. The first-order chi connectivity index (χ1) is 12.8. The Balaban J connectivity index is 1.64. The van der Waals surface area contributed by atoms with E-state index in [-0.39, 0.29) is 24.3 Å². The Morgan fingerprint density at radius 2 is 2.11 bits per heavy atom. The summed E-state index contributed by atoms with van der Waals surface area (Å²) in [5.41, 5.74) is 2.16. The van der Waals surface area contributed by atoms with E-state index >= 15 is 0 Å². The number of rotatable bonds is 5. The van der Waals surface area contributed by atoms with Crippen LogP contribution < -0.4 is 15.0 Å². The van der Waals surface area contributed by atoms with Gasteiger partial charge in [0, 0.05) is 32.8 Å². The van der Waals surface area contributed by atoms with Crippen LogP contribution in [0.1, 0.15) is 28.2 Å². The molecule has 144 valence electrons. The predicted molar refractivity (Wildman–Crippen MR) is 99.8 cm³/mol. The first-order valence-electron chi connectivity index (χ1n) is 8.75. The minimum atomic E-state index is -0.126. The number of nitrogens with zero attached hydrogens (tertiary/aromatic N) is 3. The van der Waals surface area contributed by atoms with Crippen molar-refractivity contribution in [3.8, 4) is 5.75 Å². The van der Waals surface area contributed by atoms with E-state index < -0.39 is 0 Å². The van der Waals surface area contributed by atoms with Crippen molar-refractivity contribution in [3.05, 3.63) is 41.3 Å². The van der Waals surface area contributed by atoms with Crippen LogP contribution >= 0.6 is 0 Å². The summed E-state index contributed by atoms with van der Waals surface area (Å²) < 4.78 is 10.9. The summed E-state index contributed by atoms with van der Waals surface area (Å²) in [4.78, 5) is 28.0. The molecule has 1 aromatic carbocycles. The number of hydrogen-bond acceptors (Lipinski definition) is 6. The summed E-state index contributed by atoms with van der Waals surface area (Å²) in [6, 6.07) is 7.01. The Labute approximate surface area is 158 Å². The molecule has 27 heavy (non-hydrogen) atoms. The van der Waals surface area contributed by atoms with Gasteiger partial charge in [0.2, 0.25) is 5.91 Å². The summed E-state index contributed by atoms with van der Waals surface area (Å²) in [5.74, 6) is 1.15. The van der Waals surface area contributed by atoms with Crippen LogP contribution in [0, 0.1) is 6.92 Å². The van der Waals surface area contributed by atoms with Gasteiger partial charge in [-0.25, -0.2) is 0 Å². The first kappa shape index (κ1) is 18.8. The van der Waals surface area contributed by atoms with E-state index in [0.29, 0.717) is 30.2 Å². The number of benzene rings is 1. The van der Waals surface area contributed by atoms with Crippen LogP contribution in [0.25, 0.3) is 0 Å². The average Bonchev–Trinajstić information content (AvgIpc) is 3.07.